The number of fused-ring (bicyclic) bond motifs is 1. The second-order valence-corrected chi connectivity index (χ2v) is 7.51. The number of hydrogen-bond donors (Lipinski definition) is 4. The summed E-state index contributed by atoms with van der Waals surface area (Å²) >= 11 is 0. The molecular formula is C21H32IN5O2. The monoisotopic (exact) mass is 513 g/mol. The van der Waals surface area contributed by atoms with Gasteiger partial charge in [-0.25, -0.2) is 4.99 Å². The lowest BCUT2D eigenvalue weighted by Crippen LogP contribution is -2.42. The van der Waals surface area contributed by atoms with Crippen LogP contribution in [0.1, 0.15) is 56.9 Å². The summed E-state index contributed by atoms with van der Waals surface area (Å²) in [4.78, 5) is 28.6. The van der Waals surface area contributed by atoms with Crippen LogP contribution in [0.15, 0.2) is 29.3 Å². The molecule has 1 aliphatic heterocycles. The quantitative estimate of drug-likeness (QED) is 0.267. The normalized spacial score (nSPS) is 19.4. The summed E-state index contributed by atoms with van der Waals surface area (Å²) in [5.41, 5.74) is 2.00. The van der Waals surface area contributed by atoms with Crippen LogP contribution in [0.5, 0.6) is 0 Å². The number of carbonyl (C=O) groups is 2. The molecule has 160 valence electrons. The van der Waals surface area contributed by atoms with Gasteiger partial charge in [-0.2, -0.15) is 0 Å². The van der Waals surface area contributed by atoms with E-state index >= 15 is 0 Å². The Morgan fingerprint density at radius 1 is 1.17 bits per heavy atom. The first kappa shape index (κ1) is 23.4. The second-order valence-electron chi connectivity index (χ2n) is 7.51. The molecule has 0 bridgehead atoms. The van der Waals surface area contributed by atoms with Crippen LogP contribution in [0.25, 0.3) is 0 Å². The van der Waals surface area contributed by atoms with Crippen LogP contribution in [-0.2, 0) is 9.59 Å². The predicted molar refractivity (Wildman–Crippen MR) is 127 cm³/mol. The molecule has 1 aromatic carbocycles. The average Bonchev–Trinajstić information content (AvgIpc) is 2.70. The molecule has 29 heavy (non-hydrogen) atoms. The molecule has 8 heteroatoms. The zero-order valence-corrected chi connectivity index (χ0v) is 19.3. The van der Waals surface area contributed by atoms with Gasteiger partial charge in [-0.1, -0.05) is 37.5 Å². The molecule has 1 aliphatic carbocycles. The fourth-order valence-electron chi connectivity index (χ4n) is 3.92. The number of halogens is 1. The number of carbonyl (C=O) groups excluding carboxylic acids is 2. The summed E-state index contributed by atoms with van der Waals surface area (Å²) in [6, 6.07) is 8.17. The number of para-hydroxylation sites is 1. The van der Waals surface area contributed by atoms with Crippen molar-refractivity contribution in [2.45, 2.75) is 57.4 Å². The van der Waals surface area contributed by atoms with Gasteiger partial charge in [0.2, 0.25) is 11.8 Å². The van der Waals surface area contributed by atoms with Crippen molar-refractivity contribution in [2.24, 2.45) is 4.99 Å². The van der Waals surface area contributed by atoms with E-state index in [1.807, 2.05) is 31.2 Å². The molecule has 1 atom stereocenters. The zero-order valence-electron chi connectivity index (χ0n) is 17.0. The van der Waals surface area contributed by atoms with Gasteiger partial charge in [-0.3, -0.25) is 9.59 Å². The van der Waals surface area contributed by atoms with Gasteiger partial charge in [0.15, 0.2) is 5.96 Å². The minimum absolute atomic E-state index is 0. The smallest absolute Gasteiger partial charge is 0.242 e. The molecule has 3 rings (SSSR count). The van der Waals surface area contributed by atoms with Crippen molar-refractivity contribution in [1.29, 1.82) is 0 Å². The van der Waals surface area contributed by atoms with Crippen molar-refractivity contribution in [3.05, 3.63) is 29.8 Å². The maximum atomic E-state index is 12.2. The van der Waals surface area contributed by atoms with Crippen LogP contribution in [0, 0.1) is 0 Å². The van der Waals surface area contributed by atoms with E-state index in [1.165, 1.54) is 19.3 Å². The highest BCUT2D eigenvalue weighted by molar-refractivity contribution is 14.0. The summed E-state index contributed by atoms with van der Waals surface area (Å²) in [6.07, 6.45) is 6.21. The van der Waals surface area contributed by atoms with Crippen LogP contribution in [0.3, 0.4) is 0 Å². The molecule has 0 radical (unpaired) electrons. The van der Waals surface area contributed by atoms with Crippen LogP contribution in [0.4, 0.5) is 5.69 Å². The number of nitrogens with zero attached hydrogens (tertiary/aromatic N) is 1. The number of amides is 2. The summed E-state index contributed by atoms with van der Waals surface area (Å²) in [5, 5.41) is 12.5. The Bertz CT molecular complexity index is 719. The van der Waals surface area contributed by atoms with Gasteiger partial charge in [0.25, 0.3) is 0 Å². The number of nitrogens with one attached hydrogen (secondary N) is 4. The average molecular weight is 513 g/mol. The van der Waals surface area contributed by atoms with Crippen molar-refractivity contribution in [3.63, 3.8) is 0 Å². The minimum atomic E-state index is -0.0357. The largest absolute Gasteiger partial charge is 0.357 e. The predicted octanol–water partition coefficient (Wildman–Crippen LogP) is 2.73. The number of benzene rings is 1. The Balaban J connectivity index is 0.00000300. The Morgan fingerprint density at radius 3 is 2.69 bits per heavy atom. The lowest BCUT2D eigenvalue weighted by molar-refractivity contribution is -0.120. The van der Waals surface area contributed by atoms with E-state index in [4.69, 9.17) is 0 Å². The molecule has 0 spiro atoms. The van der Waals surface area contributed by atoms with Crippen LogP contribution in [0.2, 0.25) is 0 Å². The number of anilines is 1. The van der Waals surface area contributed by atoms with Gasteiger partial charge in [0, 0.05) is 37.2 Å². The molecule has 1 saturated carbocycles. The van der Waals surface area contributed by atoms with Crippen LogP contribution in [-0.4, -0.2) is 43.5 Å². The molecule has 1 unspecified atom stereocenters. The van der Waals surface area contributed by atoms with Crippen molar-refractivity contribution in [1.82, 2.24) is 16.0 Å². The maximum Gasteiger partial charge on any atom is 0.242 e. The van der Waals surface area contributed by atoms with E-state index in [0.29, 0.717) is 31.5 Å². The summed E-state index contributed by atoms with van der Waals surface area (Å²) in [7, 11) is 0. The Labute approximate surface area is 189 Å². The van der Waals surface area contributed by atoms with Gasteiger partial charge >= 0.3 is 0 Å². The number of aliphatic imine (C=N–C) groups is 1. The molecule has 0 saturated heterocycles. The van der Waals surface area contributed by atoms with E-state index in [1.54, 1.807) is 0 Å². The van der Waals surface area contributed by atoms with E-state index < -0.39 is 0 Å². The van der Waals surface area contributed by atoms with Crippen molar-refractivity contribution < 1.29 is 9.59 Å². The topological polar surface area (TPSA) is 94.6 Å². The Morgan fingerprint density at radius 2 is 1.93 bits per heavy atom. The van der Waals surface area contributed by atoms with Gasteiger partial charge in [0.05, 0.1) is 0 Å². The Kier molecular flexibility index (Phi) is 9.69. The zero-order chi connectivity index (χ0) is 19.8. The molecule has 1 heterocycles. The highest BCUT2D eigenvalue weighted by Gasteiger charge is 2.24. The number of rotatable bonds is 6. The van der Waals surface area contributed by atoms with E-state index in [-0.39, 0.29) is 48.3 Å². The first-order valence-corrected chi connectivity index (χ1v) is 10.4. The fraction of sp³-hybridized carbons (Fsp3) is 0.571. The third kappa shape index (κ3) is 7.17. The molecule has 2 aliphatic rings. The minimum Gasteiger partial charge on any atom is -0.357 e. The molecule has 7 nitrogen and oxygen atoms in total. The summed E-state index contributed by atoms with van der Waals surface area (Å²) in [5.74, 6) is 0.667. The fourth-order valence-corrected chi connectivity index (χ4v) is 3.92. The maximum absolute atomic E-state index is 12.2. The molecule has 2 amide bonds. The molecular weight excluding hydrogens is 481 g/mol. The van der Waals surface area contributed by atoms with Gasteiger partial charge in [-0.15, -0.1) is 24.0 Å². The highest BCUT2D eigenvalue weighted by atomic mass is 127. The molecule has 1 aromatic rings. The molecule has 4 N–H and O–H groups in total. The van der Waals surface area contributed by atoms with Crippen molar-refractivity contribution >= 4 is 47.4 Å². The first-order valence-electron chi connectivity index (χ1n) is 10.4. The van der Waals surface area contributed by atoms with E-state index in [0.717, 1.165) is 24.1 Å². The lowest BCUT2D eigenvalue weighted by Gasteiger charge is -2.26. The lowest BCUT2D eigenvalue weighted by atomic mass is 9.90. The number of hydrogen-bond acceptors (Lipinski definition) is 3. The second kappa shape index (κ2) is 12.0. The van der Waals surface area contributed by atoms with E-state index in [9.17, 15) is 9.59 Å². The van der Waals surface area contributed by atoms with Crippen molar-refractivity contribution in [2.75, 3.05) is 25.0 Å². The molecule has 0 aromatic heterocycles. The van der Waals surface area contributed by atoms with Gasteiger partial charge < -0.3 is 21.3 Å². The van der Waals surface area contributed by atoms with Crippen LogP contribution >= 0.6 is 24.0 Å². The molecule has 1 fully saturated rings. The SMILES string of the molecule is CCNC(=NCC(=O)NC1CCCCC1)NCC1CC(=O)Nc2ccccc21.I. The van der Waals surface area contributed by atoms with Gasteiger partial charge in [0.1, 0.15) is 6.54 Å². The van der Waals surface area contributed by atoms with Crippen LogP contribution < -0.4 is 21.3 Å². The number of guanidine groups is 1. The standard InChI is InChI=1S/C21H31N5O2.HI/c1-2-22-21(24-14-20(28)25-16-8-4-3-5-9-16)23-13-15-12-19(27)26-18-11-7-6-10-17(15)18;/h6-7,10-11,15-16H,2-5,8-9,12-14H2,1H3,(H,25,28)(H,26,27)(H2,22,23,24);1H. The Hall–Kier alpha value is -1.84. The highest BCUT2D eigenvalue weighted by Crippen LogP contribution is 2.31. The van der Waals surface area contributed by atoms with Crippen molar-refractivity contribution in [3.8, 4) is 0 Å². The third-order valence-electron chi connectivity index (χ3n) is 5.32. The third-order valence-corrected chi connectivity index (χ3v) is 5.32. The van der Waals surface area contributed by atoms with Gasteiger partial charge in [-0.05, 0) is 31.4 Å². The summed E-state index contributed by atoms with van der Waals surface area (Å²) < 4.78 is 0. The first-order chi connectivity index (χ1) is 13.7. The summed E-state index contributed by atoms with van der Waals surface area (Å²) in [6.45, 7) is 3.38. The van der Waals surface area contributed by atoms with E-state index in [2.05, 4.69) is 26.3 Å².